The van der Waals surface area contributed by atoms with Crippen LogP contribution in [0.3, 0.4) is 0 Å². The Labute approximate surface area is 83.5 Å². The highest BCUT2D eigenvalue weighted by molar-refractivity contribution is 5.87. The first-order valence-corrected chi connectivity index (χ1v) is 4.68. The third-order valence-electron chi connectivity index (χ3n) is 2.17. The Hall–Kier alpha value is -1.32. The van der Waals surface area contributed by atoms with Gasteiger partial charge in [0, 0.05) is 18.5 Å². The first kappa shape index (κ1) is 10.8. The maximum absolute atomic E-state index is 11.3. The summed E-state index contributed by atoms with van der Waals surface area (Å²) in [5.74, 6) is -0.399. The molecule has 1 amide bonds. The van der Waals surface area contributed by atoms with Crippen LogP contribution in [-0.2, 0) is 14.3 Å². The number of ether oxygens (including phenoxy) is 1. The highest BCUT2D eigenvalue weighted by Crippen LogP contribution is 2.14. The van der Waals surface area contributed by atoms with Crippen molar-refractivity contribution in [3.05, 3.63) is 12.2 Å². The number of hydrogen-bond donors (Lipinski definition) is 0. The number of nitrogens with zero attached hydrogens (tertiary/aromatic N) is 1. The quantitative estimate of drug-likeness (QED) is 0.502. The van der Waals surface area contributed by atoms with Gasteiger partial charge in [0.05, 0.1) is 0 Å². The molecule has 0 aromatic heterocycles. The number of carbonyl (C=O) groups is 2. The van der Waals surface area contributed by atoms with Crippen LogP contribution in [0.4, 0.5) is 0 Å². The van der Waals surface area contributed by atoms with Gasteiger partial charge in [-0.2, -0.15) is 0 Å². The summed E-state index contributed by atoms with van der Waals surface area (Å²) >= 11 is 0. The smallest absolute Gasteiger partial charge is 0.335 e. The fourth-order valence-electron chi connectivity index (χ4n) is 1.37. The lowest BCUT2D eigenvalue weighted by molar-refractivity contribution is -0.156. The largest absolute Gasteiger partial charge is 0.438 e. The molecule has 1 atom stereocenters. The zero-order valence-corrected chi connectivity index (χ0v) is 8.58. The van der Waals surface area contributed by atoms with Crippen molar-refractivity contribution in [1.29, 1.82) is 0 Å². The minimum absolute atomic E-state index is 0.0482. The van der Waals surface area contributed by atoms with E-state index >= 15 is 0 Å². The van der Waals surface area contributed by atoms with Gasteiger partial charge < -0.3 is 9.64 Å². The van der Waals surface area contributed by atoms with Gasteiger partial charge in [-0.3, -0.25) is 4.79 Å². The molecule has 0 aromatic carbocycles. The Morgan fingerprint density at radius 2 is 2.29 bits per heavy atom. The molecule has 0 N–H and O–H groups in total. The molecule has 0 spiro atoms. The second kappa shape index (κ2) is 4.26. The molecule has 0 saturated carbocycles. The number of hydrogen-bond acceptors (Lipinski definition) is 3. The molecule has 1 saturated heterocycles. The van der Waals surface area contributed by atoms with Gasteiger partial charge in [-0.05, 0) is 20.3 Å². The van der Waals surface area contributed by atoms with E-state index < -0.39 is 12.2 Å². The molecule has 1 unspecified atom stereocenters. The Bertz CT molecular complexity index is 273. The van der Waals surface area contributed by atoms with E-state index in [4.69, 9.17) is 4.74 Å². The van der Waals surface area contributed by atoms with Crippen molar-refractivity contribution < 1.29 is 14.3 Å². The van der Waals surface area contributed by atoms with E-state index in [1.165, 1.54) is 0 Å². The van der Waals surface area contributed by atoms with Crippen molar-refractivity contribution in [2.24, 2.45) is 0 Å². The summed E-state index contributed by atoms with van der Waals surface area (Å²) in [5, 5.41) is 0. The molecule has 4 heteroatoms. The summed E-state index contributed by atoms with van der Waals surface area (Å²) < 4.78 is 5.03. The Kier molecular flexibility index (Phi) is 3.28. The van der Waals surface area contributed by atoms with Crippen LogP contribution in [0, 0.1) is 0 Å². The lowest BCUT2D eigenvalue weighted by atomic mass is 10.3. The first-order valence-electron chi connectivity index (χ1n) is 4.68. The summed E-state index contributed by atoms with van der Waals surface area (Å²) in [6.45, 7) is 7.43. The van der Waals surface area contributed by atoms with Crippen LogP contribution in [0.15, 0.2) is 12.2 Å². The van der Waals surface area contributed by atoms with Gasteiger partial charge in [-0.15, -0.1) is 0 Å². The minimum Gasteiger partial charge on any atom is -0.438 e. The highest BCUT2D eigenvalue weighted by atomic mass is 16.6. The van der Waals surface area contributed by atoms with E-state index in [0.29, 0.717) is 18.5 Å². The molecule has 0 aromatic rings. The number of carbonyl (C=O) groups excluding carboxylic acids is 2. The molecule has 1 rings (SSSR count). The van der Waals surface area contributed by atoms with E-state index in [1.807, 2.05) is 0 Å². The molecule has 0 radical (unpaired) electrons. The van der Waals surface area contributed by atoms with Gasteiger partial charge in [-0.1, -0.05) is 6.58 Å². The third kappa shape index (κ3) is 2.34. The average Bonchev–Trinajstić information content (AvgIpc) is 2.51. The molecule has 0 aliphatic carbocycles. The second-order valence-corrected chi connectivity index (χ2v) is 3.48. The summed E-state index contributed by atoms with van der Waals surface area (Å²) in [5.41, 5.74) is 0.350. The summed E-state index contributed by atoms with van der Waals surface area (Å²) in [7, 11) is 0. The Balaban J connectivity index is 2.49. The van der Waals surface area contributed by atoms with Crippen molar-refractivity contribution in [2.45, 2.75) is 32.9 Å². The van der Waals surface area contributed by atoms with Crippen LogP contribution in [0.2, 0.25) is 0 Å². The summed E-state index contributed by atoms with van der Waals surface area (Å²) in [6, 6.07) is 0. The number of likely N-dealkylation sites (tertiary alicyclic amines) is 1. The van der Waals surface area contributed by atoms with Gasteiger partial charge in [0.2, 0.25) is 5.91 Å². The van der Waals surface area contributed by atoms with Crippen LogP contribution in [0.25, 0.3) is 0 Å². The van der Waals surface area contributed by atoms with E-state index in [2.05, 4.69) is 6.58 Å². The van der Waals surface area contributed by atoms with E-state index in [1.54, 1.807) is 18.7 Å². The standard InChI is InChI=1S/C10H15NO3/c1-7(2)10(13)14-8(3)11-6-4-5-9(11)12/h8H,1,4-6H2,2-3H3. The van der Waals surface area contributed by atoms with Crippen LogP contribution in [0.1, 0.15) is 26.7 Å². The number of amides is 1. The maximum Gasteiger partial charge on any atom is 0.335 e. The number of esters is 1. The number of rotatable bonds is 3. The Morgan fingerprint density at radius 3 is 2.71 bits per heavy atom. The highest BCUT2D eigenvalue weighted by Gasteiger charge is 2.27. The molecule has 1 heterocycles. The molecule has 14 heavy (non-hydrogen) atoms. The molecule has 4 nitrogen and oxygen atoms in total. The fraction of sp³-hybridized carbons (Fsp3) is 0.600. The van der Waals surface area contributed by atoms with Crippen molar-refractivity contribution in [3.8, 4) is 0 Å². The van der Waals surface area contributed by atoms with Crippen molar-refractivity contribution in [2.75, 3.05) is 6.54 Å². The summed E-state index contributed by atoms with van der Waals surface area (Å²) in [6.07, 6.45) is 0.914. The molecule has 1 fully saturated rings. The third-order valence-corrected chi connectivity index (χ3v) is 2.17. The molecule has 0 bridgehead atoms. The van der Waals surface area contributed by atoms with Gasteiger partial charge in [0.15, 0.2) is 6.23 Å². The van der Waals surface area contributed by atoms with E-state index in [0.717, 1.165) is 6.42 Å². The molecular formula is C10H15NO3. The van der Waals surface area contributed by atoms with Crippen molar-refractivity contribution in [1.82, 2.24) is 4.90 Å². The lowest BCUT2D eigenvalue weighted by Crippen LogP contribution is -2.37. The lowest BCUT2D eigenvalue weighted by Gasteiger charge is -2.23. The molecule has 78 valence electrons. The summed E-state index contributed by atoms with van der Waals surface area (Å²) in [4.78, 5) is 24.0. The zero-order valence-electron chi connectivity index (χ0n) is 8.58. The van der Waals surface area contributed by atoms with Crippen molar-refractivity contribution >= 4 is 11.9 Å². The van der Waals surface area contributed by atoms with Gasteiger partial charge in [0.25, 0.3) is 0 Å². The fourth-order valence-corrected chi connectivity index (χ4v) is 1.37. The van der Waals surface area contributed by atoms with Crippen LogP contribution in [-0.4, -0.2) is 29.5 Å². The van der Waals surface area contributed by atoms with Gasteiger partial charge in [0.1, 0.15) is 0 Å². The second-order valence-electron chi connectivity index (χ2n) is 3.48. The van der Waals surface area contributed by atoms with Gasteiger partial charge >= 0.3 is 5.97 Å². The SMILES string of the molecule is C=C(C)C(=O)OC(C)N1CCCC1=O. The monoisotopic (exact) mass is 197 g/mol. The topological polar surface area (TPSA) is 46.6 Å². The zero-order chi connectivity index (χ0) is 10.7. The minimum atomic E-state index is -0.478. The maximum atomic E-state index is 11.3. The van der Waals surface area contributed by atoms with Crippen LogP contribution < -0.4 is 0 Å². The van der Waals surface area contributed by atoms with E-state index in [-0.39, 0.29) is 5.91 Å². The predicted molar refractivity (Wildman–Crippen MR) is 51.3 cm³/mol. The predicted octanol–water partition coefficient (Wildman–Crippen LogP) is 1.07. The van der Waals surface area contributed by atoms with E-state index in [9.17, 15) is 9.59 Å². The first-order chi connectivity index (χ1) is 6.52. The normalized spacial score (nSPS) is 18.1. The molecule has 1 aliphatic heterocycles. The molecule has 1 aliphatic rings. The Morgan fingerprint density at radius 1 is 1.64 bits per heavy atom. The van der Waals surface area contributed by atoms with Crippen LogP contribution in [0.5, 0.6) is 0 Å². The van der Waals surface area contributed by atoms with Crippen LogP contribution >= 0.6 is 0 Å². The van der Waals surface area contributed by atoms with Gasteiger partial charge in [-0.25, -0.2) is 4.79 Å². The average molecular weight is 197 g/mol. The van der Waals surface area contributed by atoms with Crippen molar-refractivity contribution in [3.63, 3.8) is 0 Å². The molecular weight excluding hydrogens is 182 g/mol.